The number of aryl methyl sites for hydroxylation is 1. The van der Waals surface area contributed by atoms with E-state index >= 15 is 0 Å². The third-order valence-electron chi connectivity index (χ3n) is 3.11. The van der Waals surface area contributed by atoms with Crippen LogP contribution in [0.5, 0.6) is 0 Å². The molecule has 3 rings (SSSR count). The van der Waals surface area contributed by atoms with Crippen molar-refractivity contribution >= 4 is 11.6 Å². The summed E-state index contributed by atoms with van der Waals surface area (Å²) in [6.45, 7) is 3.84. The van der Waals surface area contributed by atoms with Gasteiger partial charge in [-0.1, -0.05) is 41.9 Å². The van der Waals surface area contributed by atoms with Crippen molar-refractivity contribution in [1.82, 2.24) is 19.9 Å². The molecule has 0 saturated heterocycles. The van der Waals surface area contributed by atoms with E-state index in [1.54, 1.807) is 12.4 Å². The molecule has 2 aromatic heterocycles. The van der Waals surface area contributed by atoms with Crippen molar-refractivity contribution < 1.29 is 0 Å². The Bertz CT molecular complexity index is 770. The molecule has 0 radical (unpaired) electrons. The van der Waals surface area contributed by atoms with Crippen LogP contribution < -0.4 is 0 Å². The van der Waals surface area contributed by atoms with Crippen molar-refractivity contribution in [1.29, 1.82) is 0 Å². The van der Waals surface area contributed by atoms with Gasteiger partial charge in [0.05, 0.1) is 5.69 Å². The molecule has 0 aliphatic heterocycles. The largest absolute Gasteiger partial charge is 0.234 e. The molecule has 0 aliphatic carbocycles. The number of hydrogen-bond donors (Lipinski definition) is 0. The summed E-state index contributed by atoms with van der Waals surface area (Å²) >= 11 is 6.24. The standard InChI is InChI=1S/C16H13ClN4/c1-10-8-18-15(19-9-10)16-20-13(11(2)14(17)21-16)12-6-4-3-5-7-12/h3-9H,1-2H3. The first kappa shape index (κ1) is 13.6. The van der Waals surface area contributed by atoms with Crippen LogP contribution in [0.15, 0.2) is 42.7 Å². The molecule has 104 valence electrons. The molecule has 3 aromatic rings. The molecule has 21 heavy (non-hydrogen) atoms. The van der Waals surface area contributed by atoms with Gasteiger partial charge in [-0.05, 0) is 19.4 Å². The zero-order valence-corrected chi connectivity index (χ0v) is 12.5. The van der Waals surface area contributed by atoms with Gasteiger partial charge in [0.1, 0.15) is 5.15 Å². The fourth-order valence-electron chi connectivity index (χ4n) is 1.97. The van der Waals surface area contributed by atoms with E-state index in [0.29, 0.717) is 16.8 Å². The van der Waals surface area contributed by atoms with Crippen LogP contribution in [0.3, 0.4) is 0 Å². The van der Waals surface area contributed by atoms with E-state index in [9.17, 15) is 0 Å². The summed E-state index contributed by atoms with van der Waals surface area (Å²) in [5.41, 5.74) is 3.63. The van der Waals surface area contributed by atoms with Crippen LogP contribution in [0, 0.1) is 13.8 Å². The van der Waals surface area contributed by atoms with E-state index in [2.05, 4.69) is 19.9 Å². The van der Waals surface area contributed by atoms with Crippen LogP contribution in [-0.4, -0.2) is 19.9 Å². The van der Waals surface area contributed by atoms with Crippen LogP contribution in [-0.2, 0) is 0 Å². The van der Waals surface area contributed by atoms with Gasteiger partial charge in [-0.25, -0.2) is 19.9 Å². The zero-order chi connectivity index (χ0) is 14.8. The normalized spacial score (nSPS) is 10.6. The molecule has 0 N–H and O–H groups in total. The maximum Gasteiger partial charge on any atom is 0.199 e. The van der Waals surface area contributed by atoms with E-state index in [1.807, 2.05) is 44.2 Å². The molecule has 0 bridgehead atoms. The van der Waals surface area contributed by atoms with E-state index < -0.39 is 0 Å². The monoisotopic (exact) mass is 296 g/mol. The molecule has 0 unspecified atom stereocenters. The topological polar surface area (TPSA) is 51.6 Å². The second-order valence-electron chi connectivity index (χ2n) is 4.76. The van der Waals surface area contributed by atoms with E-state index in [1.165, 1.54) is 0 Å². The molecular weight excluding hydrogens is 284 g/mol. The minimum Gasteiger partial charge on any atom is -0.234 e. The van der Waals surface area contributed by atoms with E-state index in [4.69, 9.17) is 11.6 Å². The zero-order valence-electron chi connectivity index (χ0n) is 11.7. The molecule has 0 aliphatic rings. The molecule has 5 heteroatoms. The quantitative estimate of drug-likeness (QED) is 0.674. The Morgan fingerprint density at radius 1 is 0.857 bits per heavy atom. The molecule has 0 atom stereocenters. The Hall–Kier alpha value is -2.33. The van der Waals surface area contributed by atoms with Crippen molar-refractivity contribution in [3.05, 3.63) is 59.0 Å². The summed E-state index contributed by atoms with van der Waals surface area (Å²) in [5, 5.41) is 0.419. The molecule has 4 nitrogen and oxygen atoms in total. The van der Waals surface area contributed by atoms with Gasteiger partial charge in [0, 0.05) is 23.5 Å². The lowest BCUT2D eigenvalue weighted by molar-refractivity contribution is 1.05. The van der Waals surface area contributed by atoms with Crippen molar-refractivity contribution in [2.24, 2.45) is 0 Å². The molecule has 1 aromatic carbocycles. The Labute approximate surface area is 127 Å². The Kier molecular flexibility index (Phi) is 3.62. The van der Waals surface area contributed by atoms with Crippen LogP contribution >= 0.6 is 11.6 Å². The summed E-state index contributed by atoms with van der Waals surface area (Å²) in [4.78, 5) is 17.4. The van der Waals surface area contributed by atoms with Gasteiger partial charge < -0.3 is 0 Å². The number of benzene rings is 1. The predicted molar refractivity (Wildman–Crippen MR) is 83.0 cm³/mol. The highest BCUT2D eigenvalue weighted by atomic mass is 35.5. The summed E-state index contributed by atoms with van der Waals surface area (Å²) in [6.07, 6.45) is 3.48. The van der Waals surface area contributed by atoms with Gasteiger partial charge in [-0.2, -0.15) is 0 Å². The number of rotatable bonds is 2. The van der Waals surface area contributed by atoms with E-state index in [0.717, 1.165) is 22.4 Å². The third kappa shape index (κ3) is 2.76. The lowest BCUT2D eigenvalue weighted by Crippen LogP contribution is -2.00. The highest BCUT2D eigenvalue weighted by molar-refractivity contribution is 6.30. The minimum absolute atomic E-state index is 0.419. The van der Waals surface area contributed by atoms with Gasteiger partial charge in [0.25, 0.3) is 0 Å². The molecule has 0 fully saturated rings. The first-order chi connectivity index (χ1) is 10.1. The second kappa shape index (κ2) is 5.58. The lowest BCUT2D eigenvalue weighted by Gasteiger charge is -2.08. The SMILES string of the molecule is Cc1cnc(-c2nc(Cl)c(C)c(-c3ccccc3)n2)nc1. The van der Waals surface area contributed by atoms with Crippen molar-refractivity contribution in [3.63, 3.8) is 0 Å². The van der Waals surface area contributed by atoms with Gasteiger partial charge in [0.2, 0.25) is 0 Å². The molecule has 2 heterocycles. The van der Waals surface area contributed by atoms with Gasteiger partial charge in [0.15, 0.2) is 11.6 Å². The molecular formula is C16H13ClN4. The van der Waals surface area contributed by atoms with Gasteiger partial charge >= 0.3 is 0 Å². The average Bonchev–Trinajstić information content (AvgIpc) is 2.51. The Morgan fingerprint density at radius 2 is 1.52 bits per heavy atom. The first-order valence-corrected chi connectivity index (χ1v) is 6.91. The molecule has 0 spiro atoms. The summed E-state index contributed by atoms with van der Waals surface area (Å²) in [6, 6.07) is 9.88. The smallest absolute Gasteiger partial charge is 0.199 e. The predicted octanol–water partition coefficient (Wildman–Crippen LogP) is 3.87. The third-order valence-corrected chi connectivity index (χ3v) is 3.48. The van der Waals surface area contributed by atoms with Crippen LogP contribution in [0.2, 0.25) is 5.15 Å². The first-order valence-electron chi connectivity index (χ1n) is 6.54. The highest BCUT2D eigenvalue weighted by Crippen LogP contribution is 2.27. The Morgan fingerprint density at radius 3 is 2.19 bits per heavy atom. The van der Waals surface area contributed by atoms with Gasteiger partial charge in [-0.15, -0.1) is 0 Å². The van der Waals surface area contributed by atoms with Gasteiger partial charge in [-0.3, -0.25) is 0 Å². The van der Waals surface area contributed by atoms with Crippen molar-refractivity contribution in [2.45, 2.75) is 13.8 Å². The summed E-state index contributed by atoms with van der Waals surface area (Å²) in [7, 11) is 0. The Balaban J connectivity index is 2.16. The summed E-state index contributed by atoms with van der Waals surface area (Å²) in [5.74, 6) is 0.907. The fourth-order valence-corrected chi connectivity index (χ4v) is 2.14. The number of hydrogen-bond acceptors (Lipinski definition) is 4. The summed E-state index contributed by atoms with van der Waals surface area (Å²) < 4.78 is 0. The molecule has 0 amide bonds. The van der Waals surface area contributed by atoms with Crippen LogP contribution in [0.25, 0.3) is 22.9 Å². The van der Waals surface area contributed by atoms with E-state index in [-0.39, 0.29) is 0 Å². The van der Waals surface area contributed by atoms with Crippen molar-refractivity contribution in [2.75, 3.05) is 0 Å². The van der Waals surface area contributed by atoms with Crippen LogP contribution in [0.1, 0.15) is 11.1 Å². The maximum atomic E-state index is 6.24. The number of halogens is 1. The lowest BCUT2D eigenvalue weighted by atomic mass is 10.1. The number of nitrogens with zero attached hydrogens (tertiary/aromatic N) is 4. The minimum atomic E-state index is 0.419. The average molecular weight is 297 g/mol. The fraction of sp³-hybridized carbons (Fsp3) is 0.125. The van der Waals surface area contributed by atoms with Crippen molar-refractivity contribution in [3.8, 4) is 22.9 Å². The second-order valence-corrected chi connectivity index (χ2v) is 5.12. The highest BCUT2D eigenvalue weighted by Gasteiger charge is 2.13. The number of aromatic nitrogens is 4. The van der Waals surface area contributed by atoms with Crippen LogP contribution in [0.4, 0.5) is 0 Å². The molecule has 0 saturated carbocycles. The maximum absolute atomic E-state index is 6.24.